The van der Waals surface area contributed by atoms with Crippen molar-refractivity contribution in [3.63, 3.8) is 0 Å². The number of aromatic hydroxyl groups is 1. The normalized spacial score (nSPS) is 8.45. The van der Waals surface area contributed by atoms with Crippen LogP contribution in [0.4, 0.5) is 0 Å². The molecule has 0 saturated heterocycles. The molecule has 0 aliphatic heterocycles. The standard InChI is InChI=1S/C8H5IOS/c9-11-6-5-7-1-3-8(10)4-2-7/h1-4,10H. The zero-order valence-corrected chi connectivity index (χ0v) is 8.52. The zero-order valence-electron chi connectivity index (χ0n) is 5.54. The number of phenols is 1. The van der Waals surface area contributed by atoms with Gasteiger partial charge in [-0.05, 0) is 38.5 Å². The van der Waals surface area contributed by atoms with Crippen LogP contribution in [-0.4, -0.2) is 5.11 Å². The van der Waals surface area contributed by atoms with E-state index in [2.05, 4.69) is 32.4 Å². The SMILES string of the molecule is Oc1ccc(C#CSI)cc1. The fourth-order valence-corrected chi connectivity index (χ4v) is 1.11. The summed E-state index contributed by atoms with van der Waals surface area (Å²) in [7, 11) is 1.45. The largest absolute Gasteiger partial charge is 0.508 e. The van der Waals surface area contributed by atoms with E-state index >= 15 is 0 Å². The van der Waals surface area contributed by atoms with Gasteiger partial charge in [-0.25, -0.2) is 0 Å². The lowest BCUT2D eigenvalue weighted by molar-refractivity contribution is 0.475. The highest BCUT2D eigenvalue weighted by Crippen LogP contribution is 2.10. The van der Waals surface area contributed by atoms with E-state index in [9.17, 15) is 0 Å². The topological polar surface area (TPSA) is 20.2 Å². The van der Waals surface area contributed by atoms with Gasteiger partial charge in [-0.3, -0.25) is 0 Å². The maximum Gasteiger partial charge on any atom is 0.115 e. The number of rotatable bonds is 0. The zero-order chi connectivity index (χ0) is 8.10. The van der Waals surface area contributed by atoms with Crippen LogP contribution in [0.2, 0.25) is 0 Å². The summed E-state index contributed by atoms with van der Waals surface area (Å²) < 4.78 is 0. The average Bonchev–Trinajstić information content (AvgIpc) is 2.04. The molecule has 11 heavy (non-hydrogen) atoms. The molecule has 0 heterocycles. The summed E-state index contributed by atoms with van der Waals surface area (Å²) in [6.07, 6.45) is 0. The Labute approximate surface area is 81.8 Å². The highest BCUT2D eigenvalue weighted by atomic mass is 127. The van der Waals surface area contributed by atoms with E-state index in [0.717, 1.165) is 5.56 Å². The van der Waals surface area contributed by atoms with Crippen LogP contribution in [0.5, 0.6) is 5.75 Å². The lowest BCUT2D eigenvalue weighted by Gasteiger charge is -1.89. The lowest BCUT2D eigenvalue weighted by atomic mass is 10.2. The van der Waals surface area contributed by atoms with Gasteiger partial charge in [0.2, 0.25) is 0 Å². The molecule has 0 unspecified atom stereocenters. The van der Waals surface area contributed by atoms with Crippen molar-refractivity contribution in [2.24, 2.45) is 0 Å². The molecular weight excluding hydrogens is 271 g/mol. The molecule has 0 amide bonds. The molecule has 1 N–H and O–H groups in total. The molecule has 0 atom stereocenters. The molecule has 0 radical (unpaired) electrons. The van der Waals surface area contributed by atoms with Crippen LogP contribution >= 0.6 is 30.1 Å². The number of benzene rings is 1. The van der Waals surface area contributed by atoms with E-state index in [1.165, 1.54) is 8.93 Å². The minimum Gasteiger partial charge on any atom is -0.508 e. The van der Waals surface area contributed by atoms with Gasteiger partial charge in [0, 0.05) is 26.8 Å². The number of hydrogen-bond acceptors (Lipinski definition) is 2. The molecule has 0 fully saturated rings. The van der Waals surface area contributed by atoms with Gasteiger partial charge < -0.3 is 5.11 Å². The molecule has 1 rings (SSSR count). The number of hydrogen-bond donors (Lipinski definition) is 1. The van der Waals surface area contributed by atoms with Crippen molar-refractivity contribution in [2.45, 2.75) is 0 Å². The monoisotopic (exact) mass is 276 g/mol. The third kappa shape index (κ3) is 3.04. The summed E-state index contributed by atoms with van der Waals surface area (Å²) in [4.78, 5) is 0. The summed E-state index contributed by atoms with van der Waals surface area (Å²) in [6.45, 7) is 0. The van der Waals surface area contributed by atoms with Gasteiger partial charge in [-0.2, -0.15) is 0 Å². The fourth-order valence-electron chi connectivity index (χ4n) is 0.623. The Bertz CT molecular complexity index is 283. The van der Waals surface area contributed by atoms with Gasteiger partial charge in [0.15, 0.2) is 0 Å². The third-order valence-electron chi connectivity index (χ3n) is 1.10. The van der Waals surface area contributed by atoms with E-state index in [1.807, 2.05) is 0 Å². The first-order valence-electron chi connectivity index (χ1n) is 2.90. The molecule has 0 aliphatic rings. The molecule has 0 aliphatic carbocycles. The van der Waals surface area contributed by atoms with Crippen molar-refractivity contribution >= 4 is 30.1 Å². The lowest BCUT2D eigenvalue weighted by Crippen LogP contribution is -1.70. The van der Waals surface area contributed by atoms with Crippen LogP contribution in [0.1, 0.15) is 5.56 Å². The first-order chi connectivity index (χ1) is 5.33. The van der Waals surface area contributed by atoms with Crippen molar-refractivity contribution in [2.75, 3.05) is 0 Å². The summed E-state index contributed by atoms with van der Waals surface area (Å²) in [6, 6.07) is 6.83. The van der Waals surface area contributed by atoms with E-state index in [0.29, 0.717) is 0 Å². The Kier molecular flexibility index (Phi) is 3.60. The minimum absolute atomic E-state index is 0.276. The maximum atomic E-state index is 8.93. The average molecular weight is 276 g/mol. The second kappa shape index (κ2) is 4.52. The van der Waals surface area contributed by atoms with Crippen LogP contribution in [0, 0.1) is 11.2 Å². The second-order valence-electron chi connectivity index (χ2n) is 1.85. The predicted octanol–water partition coefficient (Wildman–Crippen LogP) is 2.78. The third-order valence-corrected chi connectivity index (χ3v) is 1.94. The fraction of sp³-hybridized carbons (Fsp3) is 0. The van der Waals surface area contributed by atoms with Gasteiger partial charge in [-0.1, -0.05) is 5.92 Å². The molecule has 56 valence electrons. The molecule has 1 aromatic rings. The van der Waals surface area contributed by atoms with E-state index in [-0.39, 0.29) is 5.75 Å². The van der Waals surface area contributed by atoms with Crippen LogP contribution in [-0.2, 0) is 0 Å². The first-order valence-corrected chi connectivity index (χ1v) is 6.26. The van der Waals surface area contributed by atoms with Crippen molar-refractivity contribution < 1.29 is 5.11 Å². The molecule has 0 spiro atoms. The number of halogens is 1. The van der Waals surface area contributed by atoms with Crippen LogP contribution in [0.15, 0.2) is 24.3 Å². The van der Waals surface area contributed by atoms with Gasteiger partial charge in [0.25, 0.3) is 0 Å². The molecular formula is C8H5IOS. The van der Waals surface area contributed by atoms with Crippen molar-refractivity contribution in [1.29, 1.82) is 0 Å². The minimum atomic E-state index is 0.276. The highest BCUT2D eigenvalue weighted by Gasteiger charge is 1.86. The van der Waals surface area contributed by atoms with E-state index < -0.39 is 0 Å². The van der Waals surface area contributed by atoms with Crippen molar-refractivity contribution in [1.82, 2.24) is 0 Å². The van der Waals surface area contributed by atoms with Gasteiger partial charge in [-0.15, -0.1) is 0 Å². The Hall–Kier alpha value is -0.340. The second-order valence-corrected chi connectivity index (χ2v) is 3.53. The smallest absolute Gasteiger partial charge is 0.115 e. The quantitative estimate of drug-likeness (QED) is 0.581. The van der Waals surface area contributed by atoms with Crippen LogP contribution in [0.25, 0.3) is 0 Å². The molecule has 3 heteroatoms. The summed E-state index contributed by atoms with van der Waals surface area (Å²) in [5.74, 6) is 3.19. The maximum absolute atomic E-state index is 8.93. The summed E-state index contributed by atoms with van der Waals surface area (Å²) >= 11 is 2.11. The molecule has 1 aromatic carbocycles. The molecule has 1 nitrogen and oxygen atoms in total. The van der Waals surface area contributed by atoms with Gasteiger partial charge in [0.1, 0.15) is 5.75 Å². The Morgan fingerprint density at radius 1 is 1.27 bits per heavy atom. The predicted molar refractivity (Wildman–Crippen MR) is 56.6 cm³/mol. The summed E-state index contributed by atoms with van der Waals surface area (Å²) in [5, 5.41) is 11.8. The summed E-state index contributed by atoms with van der Waals surface area (Å²) in [5.41, 5.74) is 0.923. The first kappa shape index (κ1) is 8.75. The van der Waals surface area contributed by atoms with Crippen molar-refractivity contribution in [3.8, 4) is 16.9 Å². The van der Waals surface area contributed by atoms with E-state index in [1.54, 1.807) is 24.3 Å². The van der Waals surface area contributed by atoms with Crippen LogP contribution in [0.3, 0.4) is 0 Å². The number of phenolic OH excluding ortho intramolecular Hbond substituents is 1. The Morgan fingerprint density at radius 2 is 1.91 bits per heavy atom. The van der Waals surface area contributed by atoms with Crippen molar-refractivity contribution in [3.05, 3.63) is 29.8 Å². The molecule has 0 bridgehead atoms. The van der Waals surface area contributed by atoms with Gasteiger partial charge in [0.05, 0.1) is 0 Å². The Balaban J connectivity index is 2.82. The molecule has 0 saturated carbocycles. The van der Waals surface area contributed by atoms with Gasteiger partial charge >= 0.3 is 0 Å². The Morgan fingerprint density at radius 3 is 2.45 bits per heavy atom. The van der Waals surface area contributed by atoms with Crippen LogP contribution < -0.4 is 0 Å². The highest BCUT2D eigenvalue weighted by molar-refractivity contribution is 14.2. The van der Waals surface area contributed by atoms with E-state index in [4.69, 9.17) is 5.11 Å². The molecule has 0 aromatic heterocycles.